The second-order valence-electron chi connectivity index (χ2n) is 4.63. The van der Waals surface area contributed by atoms with Crippen molar-refractivity contribution in [3.63, 3.8) is 0 Å². The van der Waals surface area contributed by atoms with E-state index in [0.717, 1.165) is 5.56 Å². The molecular formula is C13H19BrFNO. The van der Waals surface area contributed by atoms with E-state index in [4.69, 9.17) is 5.73 Å². The molecule has 2 nitrogen and oxygen atoms in total. The minimum atomic E-state index is -0.543. The molecule has 0 aliphatic heterocycles. The van der Waals surface area contributed by atoms with Crippen LogP contribution in [0.15, 0.2) is 22.7 Å². The smallest absolute Gasteiger partial charge is 0.137 e. The Hall–Kier alpha value is -0.450. The third kappa shape index (κ3) is 3.76. The first-order valence-corrected chi connectivity index (χ1v) is 6.57. The van der Waals surface area contributed by atoms with Crippen LogP contribution in [0.1, 0.15) is 19.4 Å². The summed E-state index contributed by atoms with van der Waals surface area (Å²) in [5, 5.41) is 10.1. The fraction of sp³-hybridized carbons (Fsp3) is 0.538. The van der Waals surface area contributed by atoms with Crippen LogP contribution in [0, 0.1) is 17.7 Å². The SMILES string of the molecule is CC(C)C(CN)C(O)Cc1cccc(F)c1Br. The standard InChI is InChI=1S/C13H19BrFNO/c1-8(2)10(7-16)12(17)6-9-4-3-5-11(15)13(9)14/h3-5,8,10,12,17H,6-7,16H2,1-2H3. The zero-order valence-electron chi connectivity index (χ0n) is 10.2. The van der Waals surface area contributed by atoms with Gasteiger partial charge >= 0.3 is 0 Å². The summed E-state index contributed by atoms with van der Waals surface area (Å²) in [6.07, 6.45) is -0.128. The maximum Gasteiger partial charge on any atom is 0.137 e. The lowest BCUT2D eigenvalue weighted by Crippen LogP contribution is -2.33. The van der Waals surface area contributed by atoms with Crippen LogP contribution in [-0.4, -0.2) is 17.8 Å². The molecule has 0 aromatic heterocycles. The van der Waals surface area contributed by atoms with Gasteiger partial charge in [0.2, 0.25) is 0 Å². The molecule has 0 spiro atoms. The van der Waals surface area contributed by atoms with Gasteiger partial charge < -0.3 is 10.8 Å². The van der Waals surface area contributed by atoms with Crippen molar-refractivity contribution in [3.8, 4) is 0 Å². The van der Waals surface area contributed by atoms with Crippen molar-refractivity contribution in [3.05, 3.63) is 34.1 Å². The van der Waals surface area contributed by atoms with Crippen LogP contribution in [-0.2, 0) is 6.42 Å². The maximum absolute atomic E-state index is 13.3. The van der Waals surface area contributed by atoms with Gasteiger partial charge in [0.05, 0.1) is 10.6 Å². The summed E-state index contributed by atoms with van der Waals surface area (Å²) < 4.78 is 13.7. The van der Waals surface area contributed by atoms with Crippen molar-refractivity contribution in [2.75, 3.05) is 6.54 Å². The molecule has 0 aliphatic carbocycles. The summed E-state index contributed by atoms with van der Waals surface area (Å²) in [6.45, 7) is 4.49. The van der Waals surface area contributed by atoms with Gasteiger partial charge in [0.15, 0.2) is 0 Å². The van der Waals surface area contributed by atoms with Gasteiger partial charge in [-0.25, -0.2) is 4.39 Å². The zero-order chi connectivity index (χ0) is 13.0. The zero-order valence-corrected chi connectivity index (χ0v) is 11.7. The summed E-state index contributed by atoms with van der Waals surface area (Å²) >= 11 is 3.20. The maximum atomic E-state index is 13.3. The number of benzene rings is 1. The van der Waals surface area contributed by atoms with Crippen molar-refractivity contribution < 1.29 is 9.50 Å². The summed E-state index contributed by atoms with van der Waals surface area (Å²) in [5.74, 6) is 0.0380. The molecule has 0 fully saturated rings. The molecule has 3 N–H and O–H groups in total. The summed E-state index contributed by atoms with van der Waals surface area (Å²) in [4.78, 5) is 0. The third-order valence-corrected chi connectivity index (χ3v) is 3.97. The van der Waals surface area contributed by atoms with Crippen molar-refractivity contribution in [2.24, 2.45) is 17.6 Å². The molecule has 0 saturated heterocycles. The Morgan fingerprint density at radius 2 is 2.06 bits per heavy atom. The second-order valence-corrected chi connectivity index (χ2v) is 5.42. The molecular weight excluding hydrogens is 285 g/mol. The fourth-order valence-electron chi connectivity index (χ4n) is 1.96. The van der Waals surface area contributed by atoms with E-state index < -0.39 is 6.10 Å². The number of nitrogens with two attached hydrogens (primary N) is 1. The fourth-order valence-corrected chi connectivity index (χ4v) is 2.38. The molecule has 0 bridgehead atoms. The van der Waals surface area contributed by atoms with Gasteiger partial charge in [0, 0.05) is 0 Å². The van der Waals surface area contributed by atoms with Gasteiger partial charge in [-0.2, -0.15) is 0 Å². The van der Waals surface area contributed by atoms with E-state index in [1.54, 1.807) is 6.07 Å². The van der Waals surface area contributed by atoms with Crippen molar-refractivity contribution in [1.29, 1.82) is 0 Å². The Labute approximate surface area is 110 Å². The van der Waals surface area contributed by atoms with Gasteiger partial charge in [0.25, 0.3) is 0 Å². The van der Waals surface area contributed by atoms with Crippen molar-refractivity contribution in [2.45, 2.75) is 26.4 Å². The first-order chi connectivity index (χ1) is 7.97. The van der Waals surface area contributed by atoms with Gasteiger partial charge in [-0.1, -0.05) is 26.0 Å². The van der Waals surface area contributed by atoms with E-state index in [2.05, 4.69) is 15.9 Å². The van der Waals surface area contributed by atoms with Gasteiger partial charge in [0.1, 0.15) is 5.82 Å². The molecule has 0 aliphatic rings. The van der Waals surface area contributed by atoms with Crippen LogP contribution >= 0.6 is 15.9 Å². The lowest BCUT2D eigenvalue weighted by Gasteiger charge is -2.25. The normalized spacial score (nSPS) is 15.0. The molecule has 0 heterocycles. The van der Waals surface area contributed by atoms with E-state index in [1.807, 2.05) is 19.9 Å². The minimum Gasteiger partial charge on any atom is -0.392 e. The van der Waals surface area contributed by atoms with E-state index >= 15 is 0 Å². The lowest BCUT2D eigenvalue weighted by molar-refractivity contribution is 0.0861. The number of aliphatic hydroxyl groups is 1. The Morgan fingerprint density at radius 3 is 2.59 bits per heavy atom. The average molecular weight is 304 g/mol. The topological polar surface area (TPSA) is 46.2 Å². The molecule has 0 radical (unpaired) electrons. The van der Waals surface area contributed by atoms with Crippen molar-refractivity contribution in [1.82, 2.24) is 0 Å². The Kier molecular flexibility index (Phi) is 5.56. The molecule has 0 amide bonds. The van der Waals surface area contributed by atoms with Crippen LogP contribution < -0.4 is 5.73 Å². The van der Waals surface area contributed by atoms with Crippen LogP contribution in [0.3, 0.4) is 0 Å². The van der Waals surface area contributed by atoms with Crippen molar-refractivity contribution >= 4 is 15.9 Å². The predicted octanol–water partition coefficient (Wildman–Crippen LogP) is 2.72. The monoisotopic (exact) mass is 303 g/mol. The summed E-state index contributed by atoms with van der Waals surface area (Å²) in [7, 11) is 0. The summed E-state index contributed by atoms with van der Waals surface area (Å²) in [5.41, 5.74) is 6.43. The Bertz CT molecular complexity index is 370. The van der Waals surface area contributed by atoms with E-state index in [-0.39, 0.29) is 11.7 Å². The lowest BCUT2D eigenvalue weighted by atomic mass is 9.87. The quantitative estimate of drug-likeness (QED) is 0.878. The Morgan fingerprint density at radius 1 is 1.41 bits per heavy atom. The molecule has 1 rings (SSSR count). The first kappa shape index (κ1) is 14.6. The molecule has 1 aromatic rings. The largest absolute Gasteiger partial charge is 0.392 e. The van der Waals surface area contributed by atoms with E-state index in [0.29, 0.717) is 23.4 Å². The third-order valence-electron chi connectivity index (χ3n) is 3.08. The number of hydrogen-bond donors (Lipinski definition) is 2. The highest BCUT2D eigenvalue weighted by Crippen LogP contribution is 2.24. The molecule has 2 unspecified atom stereocenters. The van der Waals surface area contributed by atoms with Gasteiger partial charge in [-0.05, 0) is 52.4 Å². The number of rotatable bonds is 5. The minimum absolute atomic E-state index is 0.0326. The summed E-state index contributed by atoms with van der Waals surface area (Å²) in [6, 6.07) is 4.85. The molecule has 17 heavy (non-hydrogen) atoms. The highest BCUT2D eigenvalue weighted by atomic mass is 79.9. The van der Waals surface area contributed by atoms with E-state index in [9.17, 15) is 9.50 Å². The predicted molar refractivity (Wildman–Crippen MR) is 71.2 cm³/mol. The van der Waals surface area contributed by atoms with Gasteiger partial charge in [-0.15, -0.1) is 0 Å². The van der Waals surface area contributed by atoms with Crippen LogP contribution in [0.2, 0.25) is 0 Å². The molecule has 0 saturated carbocycles. The number of aliphatic hydroxyl groups excluding tert-OH is 1. The molecule has 1 aromatic carbocycles. The van der Waals surface area contributed by atoms with E-state index in [1.165, 1.54) is 6.07 Å². The highest BCUT2D eigenvalue weighted by molar-refractivity contribution is 9.10. The van der Waals surface area contributed by atoms with Gasteiger partial charge in [-0.3, -0.25) is 0 Å². The number of halogens is 2. The second kappa shape index (κ2) is 6.47. The molecule has 2 atom stereocenters. The average Bonchev–Trinajstić information content (AvgIpc) is 2.25. The Balaban J connectivity index is 2.80. The van der Waals surface area contributed by atoms with Crippen LogP contribution in [0.25, 0.3) is 0 Å². The van der Waals surface area contributed by atoms with Crippen LogP contribution in [0.4, 0.5) is 4.39 Å². The molecule has 96 valence electrons. The molecule has 4 heteroatoms. The van der Waals surface area contributed by atoms with Crippen LogP contribution in [0.5, 0.6) is 0 Å². The highest BCUT2D eigenvalue weighted by Gasteiger charge is 2.22. The first-order valence-electron chi connectivity index (χ1n) is 5.78. The number of hydrogen-bond acceptors (Lipinski definition) is 2.